The molecular formula is C14H26Cl2N4O2. The summed E-state index contributed by atoms with van der Waals surface area (Å²) in [5.41, 5.74) is 7.93. The van der Waals surface area contributed by atoms with Crippen molar-refractivity contribution >= 4 is 30.7 Å². The Morgan fingerprint density at radius 1 is 1.50 bits per heavy atom. The Hall–Kier alpha value is -0.820. The van der Waals surface area contributed by atoms with Crippen LogP contribution < -0.4 is 5.73 Å². The van der Waals surface area contributed by atoms with E-state index in [-0.39, 0.29) is 36.8 Å². The zero-order valence-corrected chi connectivity index (χ0v) is 15.0. The summed E-state index contributed by atoms with van der Waals surface area (Å²) < 4.78 is 7.68. The minimum atomic E-state index is -0.401. The number of nitrogens with two attached hydrogens (primary N) is 1. The van der Waals surface area contributed by atoms with Gasteiger partial charge in [-0.2, -0.15) is 5.10 Å². The number of hydrogen-bond donors (Lipinski definition) is 1. The summed E-state index contributed by atoms with van der Waals surface area (Å²) in [6.07, 6.45) is 0.646. The van der Waals surface area contributed by atoms with E-state index in [1.165, 1.54) is 0 Å². The molecule has 0 bridgehead atoms. The van der Waals surface area contributed by atoms with Gasteiger partial charge in [0.05, 0.1) is 31.0 Å². The zero-order chi connectivity index (χ0) is 14.7. The molecule has 2 atom stereocenters. The average Bonchev–Trinajstić information content (AvgIpc) is 2.75. The largest absolute Gasteiger partial charge is 0.373 e. The van der Waals surface area contributed by atoms with Gasteiger partial charge in [-0.3, -0.25) is 9.48 Å². The van der Waals surface area contributed by atoms with Gasteiger partial charge in [-0.25, -0.2) is 0 Å². The third-order valence-corrected chi connectivity index (χ3v) is 3.69. The Morgan fingerprint density at radius 3 is 2.73 bits per heavy atom. The van der Waals surface area contributed by atoms with Crippen LogP contribution in [0.4, 0.5) is 0 Å². The lowest BCUT2D eigenvalue weighted by Crippen LogP contribution is -2.52. The molecule has 1 unspecified atom stereocenters. The Bertz CT molecular complexity index is 481. The molecule has 1 aromatic rings. The molecule has 1 fully saturated rings. The van der Waals surface area contributed by atoms with E-state index in [4.69, 9.17) is 10.5 Å². The number of halogens is 2. The molecule has 0 aliphatic carbocycles. The van der Waals surface area contributed by atoms with Crippen LogP contribution in [0.1, 0.15) is 24.7 Å². The van der Waals surface area contributed by atoms with Crippen LogP contribution in [0.2, 0.25) is 0 Å². The van der Waals surface area contributed by atoms with Gasteiger partial charge < -0.3 is 15.4 Å². The first-order valence-corrected chi connectivity index (χ1v) is 7.18. The van der Waals surface area contributed by atoms with Crippen LogP contribution in [-0.2, 0) is 16.1 Å². The summed E-state index contributed by atoms with van der Waals surface area (Å²) in [7, 11) is 0. The summed E-state index contributed by atoms with van der Waals surface area (Å²) in [6, 6.07) is 1.64. The first kappa shape index (κ1) is 21.2. The van der Waals surface area contributed by atoms with Crippen molar-refractivity contribution in [2.75, 3.05) is 19.7 Å². The molecule has 0 saturated carbocycles. The van der Waals surface area contributed by atoms with Crippen LogP contribution in [0.25, 0.3) is 0 Å². The van der Waals surface area contributed by atoms with Crippen molar-refractivity contribution < 1.29 is 9.53 Å². The molecule has 0 spiro atoms. The van der Waals surface area contributed by atoms with E-state index < -0.39 is 6.04 Å². The molecule has 128 valence electrons. The van der Waals surface area contributed by atoms with Crippen LogP contribution in [0, 0.1) is 13.8 Å². The summed E-state index contributed by atoms with van der Waals surface area (Å²) in [5.74, 6) is 0.0224. The third kappa shape index (κ3) is 5.12. The highest BCUT2D eigenvalue weighted by molar-refractivity contribution is 5.85. The van der Waals surface area contributed by atoms with Crippen LogP contribution >= 0.6 is 24.8 Å². The second-order valence-corrected chi connectivity index (χ2v) is 5.40. The number of rotatable bonds is 4. The van der Waals surface area contributed by atoms with E-state index in [0.717, 1.165) is 11.4 Å². The minimum absolute atomic E-state index is 0. The van der Waals surface area contributed by atoms with Crippen molar-refractivity contribution in [1.82, 2.24) is 14.7 Å². The number of carbonyl (C=O) groups excluding carboxylic acids is 1. The maximum absolute atomic E-state index is 12.1. The van der Waals surface area contributed by atoms with Gasteiger partial charge in [-0.1, -0.05) is 6.92 Å². The third-order valence-electron chi connectivity index (χ3n) is 3.69. The SMILES string of the molecule is CC[C@H](N)C(=O)N1CCOC(Cn2nc(C)cc2C)C1.Cl.Cl. The number of aromatic nitrogens is 2. The summed E-state index contributed by atoms with van der Waals surface area (Å²) in [4.78, 5) is 13.9. The van der Waals surface area contributed by atoms with Gasteiger partial charge in [0.15, 0.2) is 0 Å². The molecule has 1 aliphatic heterocycles. The summed E-state index contributed by atoms with van der Waals surface area (Å²) in [6.45, 7) is 8.37. The molecule has 2 N–H and O–H groups in total. The molecule has 1 aliphatic rings. The maximum atomic E-state index is 12.1. The molecule has 0 radical (unpaired) electrons. The highest BCUT2D eigenvalue weighted by Crippen LogP contribution is 2.11. The molecular weight excluding hydrogens is 327 g/mol. The van der Waals surface area contributed by atoms with Crippen LogP contribution in [0.15, 0.2) is 6.07 Å². The lowest BCUT2D eigenvalue weighted by molar-refractivity contribution is -0.140. The second-order valence-electron chi connectivity index (χ2n) is 5.40. The fourth-order valence-corrected chi connectivity index (χ4v) is 2.49. The Balaban J connectivity index is 0.00000220. The molecule has 22 heavy (non-hydrogen) atoms. The number of morpholine rings is 1. The molecule has 2 rings (SSSR count). The first-order chi connectivity index (χ1) is 9.51. The molecule has 8 heteroatoms. The van der Waals surface area contributed by atoms with Gasteiger partial charge in [-0.05, 0) is 26.3 Å². The fraction of sp³-hybridized carbons (Fsp3) is 0.714. The second kappa shape index (κ2) is 9.35. The van der Waals surface area contributed by atoms with Crippen molar-refractivity contribution in [2.24, 2.45) is 5.73 Å². The van der Waals surface area contributed by atoms with Crippen molar-refractivity contribution in [3.8, 4) is 0 Å². The predicted octanol–water partition coefficient (Wildman–Crippen LogP) is 1.31. The monoisotopic (exact) mass is 352 g/mol. The standard InChI is InChI=1S/C14H24N4O2.2ClH/c1-4-13(15)14(19)17-5-6-20-12(8-17)9-18-11(3)7-10(2)16-18;;/h7,12-13H,4-6,8-9,15H2,1-3H3;2*1H/t12?,13-;;/m0../s1. The van der Waals surface area contributed by atoms with E-state index in [1.807, 2.05) is 36.4 Å². The molecule has 1 saturated heterocycles. The molecule has 6 nitrogen and oxygen atoms in total. The van der Waals surface area contributed by atoms with Crippen molar-refractivity contribution in [2.45, 2.75) is 45.9 Å². The number of ether oxygens (including phenoxy) is 1. The topological polar surface area (TPSA) is 73.4 Å². The van der Waals surface area contributed by atoms with Crippen molar-refractivity contribution in [3.05, 3.63) is 17.5 Å². The van der Waals surface area contributed by atoms with Crippen molar-refractivity contribution in [3.63, 3.8) is 0 Å². The number of amides is 1. The average molecular weight is 353 g/mol. The number of nitrogens with zero attached hydrogens (tertiary/aromatic N) is 3. The van der Waals surface area contributed by atoms with Gasteiger partial charge in [0, 0.05) is 18.8 Å². The fourth-order valence-electron chi connectivity index (χ4n) is 2.49. The molecule has 0 aromatic carbocycles. The Labute approximate surface area is 144 Å². The summed E-state index contributed by atoms with van der Waals surface area (Å²) >= 11 is 0. The molecule has 2 heterocycles. The Morgan fingerprint density at radius 2 is 2.18 bits per heavy atom. The van der Waals surface area contributed by atoms with E-state index in [1.54, 1.807) is 0 Å². The van der Waals surface area contributed by atoms with Crippen LogP contribution in [-0.4, -0.2) is 52.4 Å². The van der Waals surface area contributed by atoms with Crippen molar-refractivity contribution in [1.29, 1.82) is 0 Å². The van der Waals surface area contributed by atoms with E-state index in [0.29, 0.717) is 32.7 Å². The van der Waals surface area contributed by atoms with Crippen LogP contribution in [0.5, 0.6) is 0 Å². The predicted molar refractivity (Wildman–Crippen MR) is 90.8 cm³/mol. The summed E-state index contributed by atoms with van der Waals surface area (Å²) in [5, 5.41) is 4.43. The maximum Gasteiger partial charge on any atom is 0.239 e. The highest BCUT2D eigenvalue weighted by atomic mass is 35.5. The molecule has 1 aromatic heterocycles. The smallest absolute Gasteiger partial charge is 0.239 e. The van der Waals surface area contributed by atoms with Gasteiger partial charge in [0.25, 0.3) is 0 Å². The van der Waals surface area contributed by atoms with Gasteiger partial charge in [0.1, 0.15) is 0 Å². The van der Waals surface area contributed by atoms with Gasteiger partial charge in [-0.15, -0.1) is 24.8 Å². The van der Waals surface area contributed by atoms with Gasteiger partial charge >= 0.3 is 0 Å². The van der Waals surface area contributed by atoms with E-state index in [2.05, 4.69) is 5.10 Å². The minimum Gasteiger partial charge on any atom is -0.373 e. The zero-order valence-electron chi connectivity index (χ0n) is 13.3. The van der Waals surface area contributed by atoms with E-state index in [9.17, 15) is 4.79 Å². The van der Waals surface area contributed by atoms with Crippen LogP contribution in [0.3, 0.4) is 0 Å². The quantitative estimate of drug-likeness (QED) is 0.886. The number of carbonyl (C=O) groups is 1. The lowest BCUT2D eigenvalue weighted by atomic mass is 10.2. The lowest BCUT2D eigenvalue weighted by Gasteiger charge is -2.34. The number of hydrogen-bond acceptors (Lipinski definition) is 4. The van der Waals surface area contributed by atoms with E-state index >= 15 is 0 Å². The highest BCUT2D eigenvalue weighted by Gasteiger charge is 2.27. The first-order valence-electron chi connectivity index (χ1n) is 7.18. The van der Waals surface area contributed by atoms with Gasteiger partial charge in [0.2, 0.25) is 5.91 Å². The Kier molecular flexibility index (Phi) is 9.00. The number of aryl methyl sites for hydroxylation is 2. The molecule has 1 amide bonds. The normalized spacial score (nSPS) is 19.1.